The summed E-state index contributed by atoms with van der Waals surface area (Å²) in [5, 5.41) is 0. The van der Waals surface area contributed by atoms with Gasteiger partial charge in [0, 0.05) is 48.4 Å². The Labute approximate surface area is 178 Å². The maximum atomic E-state index is 14.9. The van der Waals surface area contributed by atoms with Gasteiger partial charge in [-0.1, -0.05) is 0 Å². The third kappa shape index (κ3) is 3.61. The molecule has 4 heterocycles. The molecule has 4 aromatic rings. The summed E-state index contributed by atoms with van der Waals surface area (Å²) in [6.07, 6.45) is 5.35. The lowest BCUT2D eigenvalue weighted by Gasteiger charge is -2.27. The molecular formula is C23H20FN3O4. The third-order valence-electron chi connectivity index (χ3n) is 5.24. The largest absolute Gasteiger partial charge is 0.497 e. The molecule has 3 aromatic heterocycles. The fourth-order valence-electron chi connectivity index (χ4n) is 3.64. The second-order valence-corrected chi connectivity index (χ2v) is 7.18. The van der Waals surface area contributed by atoms with E-state index in [1.165, 1.54) is 6.07 Å². The van der Waals surface area contributed by atoms with Crippen molar-refractivity contribution in [2.75, 3.05) is 20.8 Å². The van der Waals surface area contributed by atoms with Crippen LogP contribution >= 0.6 is 0 Å². The van der Waals surface area contributed by atoms with Crippen molar-refractivity contribution in [1.82, 2.24) is 14.4 Å². The summed E-state index contributed by atoms with van der Waals surface area (Å²) >= 11 is 0. The Kier molecular flexibility index (Phi) is 4.82. The van der Waals surface area contributed by atoms with Gasteiger partial charge in [0.25, 0.3) is 0 Å². The van der Waals surface area contributed by atoms with Gasteiger partial charge in [0.15, 0.2) is 23.4 Å². The van der Waals surface area contributed by atoms with Gasteiger partial charge < -0.3 is 23.3 Å². The summed E-state index contributed by atoms with van der Waals surface area (Å²) < 4.78 is 38.9. The molecule has 0 spiro atoms. The number of ether oxygens (including phenoxy) is 4. The quantitative estimate of drug-likeness (QED) is 0.486. The molecular weight excluding hydrogens is 401 g/mol. The lowest BCUT2D eigenvalue weighted by molar-refractivity contribution is 0.0853. The molecule has 1 atom stereocenters. The van der Waals surface area contributed by atoms with Gasteiger partial charge in [0.2, 0.25) is 5.88 Å². The predicted molar refractivity (Wildman–Crippen MR) is 111 cm³/mol. The van der Waals surface area contributed by atoms with Gasteiger partial charge in [-0.2, -0.15) is 0 Å². The molecule has 0 amide bonds. The van der Waals surface area contributed by atoms with E-state index in [0.29, 0.717) is 18.1 Å². The van der Waals surface area contributed by atoms with Crippen molar-refractivity contribution in [1.29, 1.82) is 0 Å². The van der Waals surface area contributed by atoms with Gasteiger partial charge in [0.05, 0.1) is 14.2 Å². The zero-order valence-corrected chi connectivity index (χ0v) is 17.0. The van der Waals surface area contributed by atoms with Gasteiger partial charge in [-0.25, -0.2) is 14.4 Å². The molecule has 0 bridgehead atoms. The number of pyridine rings is 2. The Hall–Kier alpha value is -3.81. The molecule has 0 fully saturated rings. The van der Waals surface area contributed by atoms with Crippen LogP contribution in [0.1, 0.15) is 22.9 Å². The van der Waals surface area contributed by atoms with Crippen LogP contribution in [-0.2, 0) is 6.42 Å². The lowest BCUT2D eigenvalue weighted by atomic mass is 10.1. The first-order valence-electron chi connectivity index (χ1n) is 9.76. The maximum absolute atomic E-state index is 14.9. The minimum Gasteiger partial charge on any atom is -0.497 e. The first-order chi connectivity index (χ1) is 15.1. The van der Waals surface area contributed by atoms with Crippen molar-refractivity contribution in [2.45, 2.75) is 12.5 Å². The van der Waals surface area contributed by atoms with E-state index in [1.807, 2.05) is 34.9 Å². The first kappa shape index (κ1) is 19.2. The molecule has 1 aromatic carbocycles. The normalized spacial score (nSPS) is 15.1. The third-order valence-corrected chi connectivity index (χ3v) is 5.24. The zero-order valence-electron chi connectivity index (χ0n) is 17.0. The fraction of sp³-hybridized carbons (Fsp3) is 0.217. The van der Waals surface area contributed by atoms with Crippen LogP contribution in [0.5, 0.6) is 23.1 Å². The van der Waals surface area contributed by atoms with Crippen molar-refractivity contribution >= 4 is 5.65 Å². The van der Waals surface area contributed by atoms with Crippen LogP contribution in [0.15, 0.2) is 55.0 Å². The number of benzene rings is 1. The number of hydrogen-bond donors (Lipinski definition) is 0. The van der Waals surface area contributed by atoms with Crippen LogP contribution in [0.3, 0.4) is 0 Å². The summed E-state index contributed by atoms with van der Waals surface area (Å²) in [5.74, 6) is 1.27. The number of aromatic nitrogens is 3. The Morgan fingerprint density at radius 1 is 1.10 bits per heavy atom. The molecule has 1 aliphatic rings. The number of halogens is 1. The molecule has 5 rings (SSSR count). The Balaban J connectivity index is 1.38. The Morgan fingerprint density at radius 2 is 2.00 bits per heavy atom. The van der Waals surface area contributed by atoms with Gasteiger partial charge >= 0.3 is 0 Å². The number of nitrogens with zero attached hydrogens (tertiary/aromatic N) is 3. The Morgan fingerprint density at radius 3 is 2.77 bits per heavy atom. The number of rotatable bonds is 5. The first-order valence-corrected chi connectivity index (χ1v) is 9.76. The van der Waals surface area contributed by atoms with Crippen molar-refractivity contribution in [2.24, 2.45) is 0 Å². The van der Waals surface area contributed by atoms with Crippen LogP contribution in [0.2, 0.25) is 0 Å². The van der Waals surface area contributed by atoms with Crippen molar-refractivity contribution < 1.29 is 23.3 Å². The molecule has 0 N–H and O–H groups in total. The maximum Gasteiger partial charge on any atom is 0.212 e. The van der Waals surface area contributed by atoms with Crippen LogP contribution in [0.4, 0.5) is 4.39 Å². The molecule has 0 radical (unpaired) electrons. The molecule has 158 valence electrons. The monoisotopic (exact) mass is 421 g/mol. The highest BCUT2D eigenvalue weighted by atomic mass is 19.1. The molecule has 7 nitrogen and oxygen atoms in total. The average Bonchev–Trinajstić information content (AvgIpc) is 3.20. The molecule has 1 unspecified atom stereocenters. The molecule has 1 aliphatic heterocycles. The van der Waals surface area contributed by atoms with Crippen LogP contribution < -0.4 is 18.9 Å². The average molecular weight is 421 g/mol. The predicted octanol–water partition coefficient (Wildman–Crippen LogP) is 3.99. The van der Waals surface area contributed by atoms with E-state index in [2.05, 4.69) is 9.97 Å². The number of methoxy groups -OCH3 is 2. The Bertz CT molecular complexity index is 1240. The van der Waals surface area contributed by atoms with Crippen LogP contribution in [0, 0.1) is 5.82 Å². The molecule has 8 heteroatoms. The summed E-state index contributed by atoms with van der Waals surface area (Å²) in [5.41, 5.74) is 3.25. The van der Waals surface area contributed by atoms with E-state index >= 15 is 0 Å². The minimum absolute atomic E-state index is 0.110. The molecule has 31 heavy (non-hydrogen) atoms. The van der Waals surface area contributed by atoms with E-state index in [4.69, 9.17) is 18.9 Å². The zero-order chi connectivity index (χ0) is 21.4. The smallest absolute Gasteiger partial charge is 0.212 e. The number of hydrogen-bond acceptors (Lipinski definition) is 6. The van der Waals surface area contributed by atoms with E-state index in [0.717, 1.165) is 28.2 Å². The summed E-state index contributed by atoms with van der Waals surface area (Å²) in [4.78, 5) is 8.58. The van der Waals surface area contributed by atoms with Crippen LogP contribution in [0.25, 0.3) is 5.65 Å². The SMILES string of the molecule is COc1ccn2c(Cc3cc(F)c4c(c3)OCC(c3ccc(OC)nc3)O4)cnc2c1. The summed E-state index contributed by atoms with van der Waals surface area (Å²) in [6.45, 7) is 0.263. The highest BCUT2D eigenvalue weighted by Gasteiger charge is 2.26. The van der Waals surface area contributed by atoms with E-state index < -0.39 is 11.9 Å². The van der Waals surface area contributed by atoms with Gasteiger partial charge in [-0.3, -0.25) is 0 Å². The topological polar surface area (TPSA) is 67.1 Å². The van der Waals surface area contributed by atoms with E-state index in [9.17, 15) is 4.39 Å². The van der Waals surface area contributed by atoms with E-state index in [-0.39, 0.29) is 12.4 Å². The van der Waals surface area contributed by atoms with E-state index in [1.54, 1.807) is 32.7 Å². The number of fused-ring (bicyclic) bond motifs is 2. The summed E-state index contributed by atoms with van der Waals surface area (Å²) in [7, 11) is 3.17. The van der Waals surface area contributed by atoms with Gasteiger partial charge in [0.1, 0.15) is 18.0 Å². The highest BCUT2D eigenvalue weighted by molar-refractivity contribution is 5.49. The van der Waals surface area contributed by atoms with Gasteiger partial charge in [-0.05, 0) is 29.8 Å². The lowest BCUT2D eigenvalue weighted by Crippen LogP contribution is -2.22. The standard InChI is InChI=1S/C23H20FN3O4/c1-28-17-5-6-27-16(12-25-21(27)10-17)7-14-8-18(24)23-19(9-14)30-13-20(31-23)15-3-4-22(29-2)26-11-15/h3-6,8-12,20H,7,13H2,1-2H3. The van der Waals surface area contributed by atoms with Crippen molar-refractivity contribution in [3.8, 4) is 23.1 Å². The summed E-state index contributed by atoms with van der Waals surface area (Å²) in [6, 6.07) is 10.6. The second-order valence-electron chi connectivity index (χ2n) is 7.18. The molecule has 0 aliphatic carbocycles. The second kappa shape index (κ2) is 7.79. The molecule has 0 saturated carbocycles. The highest BCUT2D eigenvalue weighted by Crippen LogP contribution is 2.39. The minimum atomic E-state index is -0.464. The van der Waals surface area contributed by atoms with Crippen molar-refractivity contribution in [3.63, 3.8) is 0 Å². The number of imidazole rings is 1. The van der Waals surface area contributed by atoms with Crippen molar-refractivity contribution in [3.05, 3.63) is 77.6 Å². The van der Waals surface area contributed by atoms with Crippen LogP contribution in [-0.4, -0.2) is 35.2 Å². The fourth-order valence-corrected chi connectivity index (χ4v) is 3.64. The molecule has 0 saturated heterocycles. The van der Waals surface area contributed by atoms with Gasteiger partial charge in [-0.15, -0.1) is 0 Å².